The number of para-hydroxylation sites is 1. The molecule has 1 aliphatic heterocycles. The monoisotopic (exact) mass is 338 g/mol. The first-order valence-corrected chi connectivity index (χ1v) is 9.01. The Labute approximate surface area is 149 Å². The molecule has 132 valence electrons. The number of amides is 1. The Kier molecular flexibility index (Phi) is 6.07. The predicted molar refractivity (Wildman–Crippen MR) is 99.4 cm³/mol. The van der Waals surface area contributed by atoms with Gasteiger partial charge >= 0.3 is 0 Å². The van der Waals surface area contributed by atoms with E-state index >= 15 is 0 Å². The Balaban J connectivity index is 1.51. The van der Waals surface area contributed by atoms with E-state index < -0.39 is 0 Å². The van der Waals surface area contributed by atoms with Gasteiger partial charge in [-0.2, -0.15) is 0 Å². The first-order valence-electron chi connectivity index (χ1n) is 9.01. The number of carbonyl (C=O) groups excluding carboxylic acids is 1. The van der Waals surface area contributed by atoms with Crippen molar-refractivity contribution in [3.63, 3.8) is 0 Å². The summed E-state index contributed by atoms with van der Waals surface area (Å²) in [5.74, 6) is 2.10. The molecule has 0 bridgehead atoms. The fourth-order valence-electron chi connectivity index (χ4n) is 3.42. The maximum atomic E-state index is 11.0. The van der Waals surface area contributed by atoms with Gasteiger partial charge in [-0.3, -0.25) is 9.69 Å². The summed E-state index contributed by atoms with van der Waals surface area (Å²) in [6, 6.07) is 18.1. The molecule has 2 aromatic rings. The summed E-state index contributed by atoms with van der Waals surface area (Å²) in [4.78, 5) is 13.4. The highest BCUT2D eigenvalue weighted by molar-refractivity contribution is 5.73. The predicted octanol–water partition coefficient (Wildman–Crippen LogP) is 3.96. The molecule has 3 rings (SSSR count). The minimum atomic E-state index is -0.189. The van der Waals surface area contributed by atoms with Crippen molar-refractivity contribution in [2.75, 3.05) is 13.1 Å². The molecule has 25 heavy (non-hydrogen) atoms. The summed E-state index contributed by atoms with van der Waals surface area (Å²) in [7, 11) is 0. The molecule has 4 heteroatoms. The van der Waals surface area contributed by atoms with Crippen LogP contribution in [0.15, 0.2) is 54.6 Å². The highest BCUT2D eigenvalue weighted by Crippen LogP contribution is 2.24. The van der Waals surface area contributed by atoms with Gasteiger partial charge in [0.05, 0.1) is 0 Å². The second-order valence-corrected chi connectivity index (χ2v) is 6.81. The summed E-state index contributed by atoms with van der Waals surface area (Å²) >= 11 is 0. The zero-order valence-corrected chi connectivity index (χ0v) is 14.6. The molecule has 1 amide bonds. The van der Waals surface area contributed by atoms with Crippen molar-refractivity contribution in [3.05, 3.63) is 60.2 Å². The Bertz CT molecular complexity index is 670. The lowest BCUT2D eigenvalue weighted by molar-refractivity contribution is -0.118. The second kappa shape index (κ2) is 8.67. The summed E-state index contributed by atoms with van der Waals surface area (Å²) in [6.07, 6.45) is 3.81. The molecule has 1 atom stereocenters. The van der Waals surface area contributed by atoms with Crippen molar-refractivity contribution in [1.29, 1.82) is 0 Å². The molecule has 4 nitrogen and oxygen atoms in total. The third-order valence-corrected chi connectivity index (χ3v) is 4.71. The molecule has 1 fully saturated rings. The molecule has 0 saturated carbocycles. The number of nitrogens with zero attached hydrogens (tertiary/aromatic N) is 1. The number of ether oxygens (including phenoxy) is 1. The lowest BCUT2D eigenvalue weighted by Crippen LogP contribution is -2.35. The van der Waals surface area contributed by atoms with E-state index in [4.69, 9.17) is 10.5 Å². The molecular weight excluding hydrogens is 312 g/mol. The first-order chi connectivity index (χ1) is 12.2. The average Bonchev–Trinajstić information content (AvgIpc) is 2.63. The minimum Gasteiger partial charge on any atom is -0.457 e. The van der Waals surface area contributed by atoms with Crippen molar-refractivity contribution in [2.45, 2.75) is 32.2 Å². The average molecular weight is 338 g/mol. The molecule has 1 aliphatic rings. The van der Waals surface area contributed by atoms with Crippen LogP contribution in [0.2, 0.25) is 0 Å². The van der Waals surface area contributed by atoms with E-state index in [1.165, 1.54) is 18.4 Å². The molecule has 1 heterocycles. The molecule has 2 aromatic carbocycles. The summed E-state index contributed by atoms with van der Waals surface area (Å²) < 4.78 is 5.84. The maximum absolute atomic E-state index is 11.0. The SMILES string of the molecule is NC(=O)CCC1CCCN(Cc2ccc(Oc3ccccc3)cc2)C1. The molecular formula is C21H26N2O2. The number of carbonyl (C=O) groups is 1. The van der Waals surface area contributed by atoms with Crippen LogP contribution in [0, 0.1) is 5.92 Å². The van der Waals surface area contributed by atoms with Gasteiger partial charge in [0, 0.05) is 19.5 Å². The fraction of sp³-hybridized carbons (Fsp3) is 0.381. The largest absolute Gasteiger partial charge is 0.457 e. The quantitative estimate of drug-likeness (QED) is 0.831. The van der Waals surface area contributed by atoms with Gasteiger partial charge in [-0.05, 0) is 61.6 Å². The zero-order chi connectivity index (χ0) is 17.5. The van der Waals surface area contributed by atoms with Gasteiger partial charge in [-0.15, -0.1) is 0 Å². The molecule has 0 radical (unpaired) electrons. The normalized spacial score (nSPS) is 18.0. The van der Waals surface area contributed by atoms with E-state index in [0.29, 0.717) is 12.3 Å². The van der Waals surface area contributed by atoms with Crippen molar-refractivity contribution in [1.82, 2.24) is 4.90 Å². The fourth-order valence-corrected chi connectivity index (χ4v) is 3.42. The molecule has 0 aliphatic carbocycles. The first kappa shape index (κ1) is 17.5. The van der Waals surface area contributed by atoms with E-state index in [1.54, 1.807) is 0 Å². The Hall–Kier alpha value is -2.33. The maximum Gasteiger partial charge on any atom is 0.217 e. The number of hydrogen-bond acceptors (Lipinski definition) is 3. The third kappa shape index (κ3) is 5.61. The van der Waals surface area contributed by atoms with Crippen LogP contribution in [-0.2, 0) is 11.3 Å². The van der Waals surface area contributed by atoms with Crippen LogP contribution >= 0.6 is 0 Å². The Morgan fingerprint density at radius 1 is 1.08 bits per heavy atom. The van der Waals surface area contributed by atoms with E-state index in [2.05, 4.69) is 17.0 Å². The van der Waals surface area contributed by atoms with Gasteiger partial charge in [-0.25, -0.2) is 0 Å². The van der Waals surface area contributed by atoms with Gasteiger partial charge in [0.1, 0.15) is 11.5 Å². The van der Waals surface area contributed by atoms with Crippen molar-refractivity contribution >= 4 is 5.91 Å². The van der Waals surface area contributed by atoms with E-state index in [1.807, 2.05) is 42.5 Å². The van der Waals surface area contributed by atoms with Crippen LogP contribution in [0.3, 0.4) is 0 Å². The van der Waals surface area contributed by atoms with E-state index in [9.17, 15) is 4.79 Å². The summed E-state index contributed by atoms with van der Waals surface area (Å²) in [5, 5.41) is 0. The van der Waals surface area contributed by atoms with E-state index in [-0.39, 0.29) is 5.91 Å². The number of hydrogen-bond donors (Lipinski definition) is 1. The number of primary amides is 1. The highest BCUT2D eigenvalue weighted by Gasteiger charge is 2.20. The molecule has 0 spiro atoms. The number of rotatable bonds is 7. The Morgan fingerprint density at radius 3 is 2.52 bits per heavy atom. The van der Waals surface area contributed by atoms with Crippen molar-refractivity contribution in [3.8, 4) is 11.5 Å². The Morgan fingerprint density at radius 2 is 1.80 bits per heavy atom. The zero-order valence-electron chi connectivity index (χ0n) is 14.6. The van der Waals surface area contributed by atoms with E-state index in [0.717, 1.165) is 37.6 Å². The van der Waals surface area contributed by atoms with Crippen LogP contribution in [-0.4, -0.2) is 23.9 Å². The standard InChI is InChI=1S/C21H26N2O2/c22-21(24)13-10-17-5-4-14-23(15-17)16-18-8-11-20(12-9-18)25-19-6-2-1-3-7-19/h1-3,6-9,11-12,17H,4-5,10,13-16H2,(H2,22,24). The summed E-state index contributed by atoms with van der Waals surface area (Å²) in [5.41, 5.74) is 6.56. The lowest BCUT2D eigenvalue weighted by atomic mass is 9.93. The lowest BCUT2D eigenvalue weighted by Gasteiger charge is -2.32. The smallest absolute Gasteiger partial charge is 0.217 e. The molecule has 1 unspecified atom stereocenters. The van der Waals surface area contributed by atoms with Gasteiger partial charge in [-0.1, -0.05) is 30.3 Å². The van der Waals surface area contributed by atoms with Crippen molar-refractivity contribution < 1.29 is 9.53 Å². The number of likely N-dealkylation sites (tertiary alicyclic amines) is 1. The van der Waals surface area contributed by atoms with Crippen LogP contribution in [0.4, 0.5) is 0 Å². The van der Waals surface area contributed by atoms with Crippen LogP contribution in [0.5, 0.6) is 11.5 Å². The number of nitrogens with two attached hydrogens (primary N) is 1. The van der Waals surface area contributed by atoms with Crippen molar-refractivity contribution in [2.24, 2.45) is 11.7 Å². The van der Waals surface area contributed by atoms with Crippen LogP contribution < -0.4 is 10.5 Å². The van der Waals surface area contributed by atoms with Gasteiger partial charge in [0.15, 0.2) is 0 Å². The van der Waals surface area contributed by atoms with Gasteiger partial charge < -0.3 is 10.5 Å². The second-order valence-electron chi connectivity index (χ2n) is 6.81. The van der Waals surface area contributed by atoms with Gasteiger partial charge in [0.2, 0.25) is 5.91 Å². The number of benzene rings is 2. The summed E-state index contributed by atoms with van der Waals surface area (Å²) in [6.45, 7) is 3.11. The number of piperidine rings is 1. The highest BCUT2D eigenvalue weighted by atomic mass is 16.5. The molecule has 0 aromatic heterocycles. The molecule has 2 N–H and O–H groups in total. The topological polar surface area (TPSA) is 55.6 Å². The molecule has 1 saturated heterocycles. The minimum absolute atomic E-state index is 0.189. The third-order valence-electron chi connectivity index (χ3n) is 4.71. The van der Waals surface area contributed by atoms with Gasteiger partial charge in [0.25, 0.3) is 0 Å². The van der Waals surface area contributed by atoms with Crippen LogP contribution in [0.25, 0.3) is 0 Å². The van der Waals surface area contributed by atoms with Crippen LogP contribution in [0.1, 0.15) is 31.2 Å².